The van der Waals surface area contributed by atoms with Crippen LogP contribution in [-0.2, 0) is 9.53 Å². The Morgan fingerprint density at radius 3 is 3.00 bits per heavy atom. The predicted molar refractivity (Wildman–Crippen MR) is 85.2 cm³/mol. The second kappa shape index (κ2) is 8.44. The van der Waals surface area contributed by atoms with Gasteiger partial charge >= 0.3 is 0 Å². The van der Waals surface area contributed by atoms with Gasteiger partial charge in [0.15, 0.2) is 18.1 Å². The van der Waals surface area contributed by atoms with E-state index >= 15 is 0 Å². The zero-order valence-electron chi connectivity index (χ0n) is 13.1. The Balaban J connectivity index is 1.83. The number of allylic oxidation sites excluding steroid dienone is 1. The number of hydrogen-bond acceptors (Lipinski definition) is 4. The monoisotopic (exact) mass is 305 g/mol. The summed E-state index contributed by atoms with van der Waals surface area (Å²) in [6, 6.07) is 5.60. The van der Waals surface area contributed by atoms with Crippen molar-refractivity contribution in [2.45, 2.75) is 25.9 Å². The third kappa shape index (κ3) is 4.77. The molecule has 1 atom stereocenters. The molecule has 0 radical (unpaired) electrons. The SMILES string of the molecule is C/C=C/c1ccc(OCC(=O)NC[C@H]2CCCO2)c(OC)c1. The molecule has 1 fully saturated rings. The number of benzene rings is 1. The topological polar surface area (TPSA) is 56.8 Å². The summed E-state index contributed by atoms with van der Waals surface area (Å²) in [6.45, 7) is 3.24. The maximum atomic E-state index is 11.8. The quantitative estimate of drug-likeness (QED) is 0.840. The normalized spacial score (nSPS) is 17.6. The van der Waals surface area contributed by atoms with E-state index in [1.54, 1.807) is 7.11 Å². The average Bonchev–Trinajstić information content (AvgIpc) is 3.05. The molecule has 5 nitrogen and oxygen atoms in total. The summed E-state index contributed by atoms with van der Waals surface area (Å²) in [7, 11) is 1.58. The number of hydrogen-bond donors (Lipinski definition) is 1. The lowest BCUT2D eigenvalue weighted by atomic mass is 10.2. The van der Waals surface area contributed by atoms with Crippen LogP contribution in [0.5, 0.6) is 11.5 Å². The summed E-state index contributed by atoms with van der Waals surface area (Å²) < 4.78 is 16.3. The first-order valence-electron chi connectivity index (χ1n) is 7.54. The average molecular weight is 305 g/mol. The molecule has 120 valence electrons. The molecule has 1 heterocycles. The highest BCUT2D eigenvalue weighted by atomic mass is 16.5. The van der Waals surface area contributed by atoms with Gasteiger partial charge in [0.1, 0.15) is 0 Å². The van der Waals surface area contributed by atoms with Crippen LogP contribution in [0.25, 0.3) is 6.08 Å². The van der Waals surface area contributed by atoms with E-state index < -0.39 is 0 Å². The first kappa shape index (κ1) is 16.4. The van der Waals surface area contributed by atoms with E-state index in [2.05, 4.69) is 5.32 Å². The van der Waals surface area contributed by atoms with Crippen LogP contribution < -0.4 is 14.8 Å². The van der Waals surface area contributed by atoms with Crippen LogP contribution in [0.4, 0.5) is 0 Å². The van der Waals surface area contributed by atoms with Gasteiger partial charge < -0.3 is 19.5 Å². The molecule has 1 N–H and O–H groups in total. The smallest absolute Gasteiger partial charge is 0.258 e. The van der Waals surface area contributed by atoms with Crippen LogP contribution in [0.1, 0.15) is 25.3 Å². The third-order valence-corrected chi connectivity index (χ3v) is 3.46. The van der Waals surface area contributed by atoms with Crippen molar-refractivity contribution in [3.8, 4) is 11.5 Å². The molecule has 0 bridgehead atoms. The summed E-state index contributed by atoms with van der Waals surface area (Å²) in [6.07, 6.45) is 6.13. The number of carbonyl (C=O) groups excluding carboxylic acids is 1. The molecule has 1 aromatic rings. The van der Waals surface area contributed by atoms with Crippen molar-refractivity contribution in [1.82, 2.24) is 5.32 Å². The van der Waals surface area contributed by atoms with Crippen molar-refractivity contribution >= 4 is 12.0 Å². The first-order valence-corrected chi connectivity index (χ1v) is 7.54. The molecule has 0 aromatic heterocycles. The van der Waals surface area contributed by atoms with Gasteiger partial charge in [0.2, 0.25) is 0 Å². The highest BCUT2D eigenvalue weighted by Crippen LogP contribution is 2.28. The highest BCUT2D eigenvalue weighted by molar-refractivity contribution is 5.77. The molecule has 0 unspecified atom stereocenters. The Morgan fingerprint density at radius 2 is 2.32 bits per heavy atom. The van der Waals surface area contributed by atoms with Crippen LogP contribution in [0.2, 0.25) is 0 Å². The molecule has 2 rings (SSSR count). The first-order chi connectivity index (χ1) is 10.7. The Morgan fingerprint density at radius 1 is 1.45 bits per heavy atom. The van der Waals surface area contributed by atoms with E-state index in [0.717, 1.165) is 25.0 Å². The van der Waals surface area contributed by atoms with Crippen molar-refractivity contribution in [2.75, 3.05) is 26.9 Å². The van der Waals surface area contributed by atoms with Gasteiger partial charge in [-0.2, -0.15) is 0 Å². The lowest BCUT2D eigenvalue weighted by molar-refractivity contribution is -0.123. The zero-order chi connectivity index (χ0) is 15.8. The molecule has 5 heteroatoms. The molecule has 1 aliphatic rings. The van der Waals surface area contributed by atoms with Gasteiger partial charge in [-0.25, -0.2) is 0 Å². The number of rotatable bonds is 7. The van der Waals surface area contributed by atoms with Gasteiger partial charge in [-0.3, -0.25) is 4.79 Å². The Hall–Kier alpha value is -2.01. The number of methoxy groups -OCH3 is 1. The van der Waals surface area contributed by atoms with E-state index in [-0.39, 0.29) is 18.6 Å². The van der Waals surface area contributed by atoms with E-state index in [0.29, 0.717) is 18.0 Å². The molecule has 0 spiro atoms. The maximum Gasteiger partial charge on any atom is 0.258 e. The molecule has 22 heavy (non-hydrogen) atoms. The standard InChI is InChI=1S/C17H23NO4/c1-3-5-13-7-8-15(16(10-13)20-2)22-12-17(19)18-11-14-6-4-9-21-14/h3,5,7-8,10,14H,4,6,9,11-12H2,1-2H3,(H,18,19)/b5-3+/t14-/m1/s1. The fourth-order valence-electron chi connectivity index (χ4n) is 2.33. The minimum Gasteiger partial charge on any atom is -0.493 e. The Labute approximate surface area is 131 Å². The molecule has 0 saturated carbocycles. The van der Waals surface area contributed by atoms with Crippen molar-refractivity contribution in [1.29, 1.82) is 0 Å². The molecule has 1 saturated heterocycles. The van der Waals surface area contributed by atoms with Gasteiger partial charge in [-0.15, -0.1) is 0 Å². The van der Waals surface area contributed by atoms with Crippen molar-refractivity contribution < 1.29 is 19.0 Å². The summed E-state index contributed by atoms with van der Waals surface area (Å²) >= 11 is 0. The molecule has 1 amide bonds. The molecule has 1 aliphatic heterocycles. The van der Waals surface area contributed by atoms with E-state index in [4.69, 9.17) is 14.2 Å². The predicted octanol–water partition coefficient (Wildman–Crippen LogP) is 2.40. The Bertz CT molecular complexity index is 521. The largest absolute Gasteiger partial charge is 0.493 e. The fourth-order valence-corrected chi connectivity index (χ4v) is 2.33. The lowest BCUT2D eigenvalue weighted by Crippen LogP contribution is -2.35. The maximum absolute atomic E-state index is 11.8. The van der Waals surface area contributed by atoms with Crippen LogP contribution in [0.15, 0.2) is 24.3 Å². The molecule has 0 aliphatic carbocycles. The summed E-state index contributed by atoms with van der Waals surface area (Å²) in [4.78, 5) is 11.8. The zero-order valence-corrected chi connectivity index (χ0v) is 13.1. The molecular weight excluding hydrogens is 282 g/mol. The third-order valence-electron chi connectivity index (χ3n) is 3.46. The van der Waals surface area contributed by atoms with Crippen LogP contribution >= 0.6 is 0 Å². The van der Waals surface area contributed by atoms with Crippen LogP contribution in [0.3, 0.4) is 0 Å². The second-order valence-corrected chi connectivity index (χ2v) is 5.14. The van der Waals surface area contributed by atoms with E-state index in [1.165, 1.54) is 0 Å². The highest BCUT2D eigenvalue weighted by Gasteiger charge is 2.16. The van der Waals surface area contributed by atoms with Gasteiger partial charge in [0, 0.05) is 13.2 Å². The van der Waals surface area contributed by atoms with Crippen molar-refractivity contribution in [2.24, 2.45) is 0 Å². The summed E-state index contributed by atoms with van der Waals surface area (Å²) in [5.74, 6) is 1.01. The fraction of sp³-hybridized carbons (Fsp3) is 0.471. The molecule has 1 aromatic carbocycles. The van der Waals surface area contributed by atoms with Crippen LogP contribution in [0, 0.1) is 0 Å². The molecular formula is C17H23NO4. The summed E-state index contributed by atoms with van der Waals surface area (Å²) in [5.41, 5.74) is 1.02. The summed E-state index contributed by atoms with van der Waals surface area (Å²) in [5, 5.41) is 2.82. The van der Waals surface area contributed by atoms with E-state index in [9.17, 15) is 4.79 Å². The lowest BCUT2D eigenvalue weighted by Gasteiger charge is -2.13. The number of ether oxygens (including phenoxy) is 3. The van der Waals surface area contributed by atoms with Crippen molar-refractivity contribution in [3.05, 3.63) is 29.8 Å². The second-order valence-electron chi connectivity index (χ2n) is 5.14. The minimum absolute atomic E-state index is 0.0357. The van der Waals surface area contributed by atoms with Gasteiger partial charge in [0.05, 0.1) is 13.2 Å². The van der Waals surface area contributed by atoms with Gasteiger partial charge in [-0.05, 0) is 37.5 Å². The number of carbonyl (C=O) groups is 1. The van der Waals surface area contributed by atoms with Gasteiger partial charge in [0.25, 0.3) is 5.91 Å². The van der Waals surface area contributed by atoms with E-state index in [1.807, 2.05) is 37.3 Å². The van der Waals surface area contributed by atoms with Crippen LogP contribution in [-0.4, -0.2) is 38.9 Å². The number of amides is 1. The number of nitrogens with one attached hydrogen (secondary N) is 1. The minimum atomic E-state index is -0.157. The van der Waals surface area contributed by atoms with Gasteiger partial charge in [-0.1, -0.05) is 18.2 Å². The van der Waals surface area contributed by atoms with Crippen molar-refractivity contribution in [3.63, 3.8) is 0 Å². The Kier molecular flexibility index (Phi) is 6.27.